The maximum atomic E-state index is 12.7. The summed E-state index contributed by atoms with van der Waals surface area (Å²) in [5.41, 5.74) is 0.956. The predicted molar refractivity (Wildman–Crippen MR) is 135 cm³/mol. The van der Waals surface area contributed by atoms with Crippen LogP contribution in [0.3, 0.4) is 0 Å². The number of hydrogen-bond donors (Lipinski definition) is 5. The fraction of sp³-hybridized carbons (Fsp3) is 0.360. The van der Waals surface area contributed by atoms with E-state index < -0.39 is 34.5 Å². The van der Waals surface area contributed by atoms with Gasteiger partial charge < -0.3 is 25.5 Å². The lowest BCUT2D eigenvalue weighted by Gasteiger charge is -2.22. The molecule has 5 N–H and O–H groups in total. The number of benzene rings is 2. The molecule has 1 fully saturated rings. The molecular formula is C25H30N4O6S. The van der Waals surface area contributed by atoms with Crippen LogP contribution >= 0.6 is 0 Å². The van der Waals surface area contributed by atoms with E-state index >= 15 is 0 Å². The van der Waals surface area contributed by atoms with Crippen LogP contribution in [0.5, 0.6) is 5.75 Å². The molecule has 0 saturated carbocycles. The maximum absolute atomic E-state index is 12.7. The van der Waals surface area contributed by atoms with Crippen molar-refractivity contribution < 1.29 is 27.9 Å². The second-order valence-corrected chi connectivity index (χ2v) is 10.5. The molecule has 2 aromatic carbocycles. The highest BCUT2D eigenvalue weighted by atomic mass is 32.2. The Bertz CT molecular complexity index is 1300. The number of ether oxygens (including phenoxy) is 1. The van der Waals surface area contributed by atoms with Crippen molar-refractivity contribution in [2.75, 3.05) is 26.2 Å². The van der Waals surface area contributed by atoms with E-state index in [1.54, 1.807) is 12.1 Å². The third-order valence-corrected chi connectivity index (χ3v) is 7.69. The van der Waals surface area contributed by atoms with Gasteiger partial charge in [-0.1, -0.05) is 18.2 Å². The molecular weight excluding hydrogens is 484 g/mol. The first-order valence-corrected chi connectivity index (χ1v) is 13.3. The van der Waals surface area contributed by atoms with Crippen molar-refractivity contribution in [1.29, 1.82) is 0 Å². The number of nitrogens with one attached hydrogen (secondary N) is 4. The third-order valence-electron chi connectivity index (χ3n) is 6.21. The van der Waals surface area contributed by atoms with E-state index in [2.05, 4.69) is 20.3 Å². The summed E-state index contributed by atoms with van der Waals surface area (Å²) >= 11 is 0. The lowest BCUT2D eigenvalue weighted by Crippen LogP contribution is -2.48. The van der Waals surface area contributed by atoms with Crippen molar-refractivity contribution in [3.05, 3.63) is 60.3 Å². The SMILES string of the molecule is O=C(NC[C@H](NS(=O)(=O)c1ccccc1)C(=O)O)c1cc2cc(OCCC3CCNCC3)ccc2[nH]1. The van der Waals surface area contributed by atoms with Crippen molar-refractivity contribution in [2.24, 2.45) is 5.92 Å². The van der Waals surface area contributed by atoms with E-state index in [1.165, 1.54) is 24.3 Å². The van der Waals surface area contributed by atoms with E-state index in [-0.39, 0.29) is 10.6 Å². The minimum absolute atomic E-state index is 0.0630. The number of amides is 1. The van der Waals surface area contributed by atoms with Gasteiger partial charge in [0.2, 0.25) is 10.0 Å². The van der Waals surface area contributed by atoms with Gasteiger partial charge in [0.05, 0.1) is 11.5 Å². The topological polar surface area (TPSA) is 150 Å². The summed E-state index contributed by atoms with van der Waals surface area (Å²) in [5, 5.41) is 16.1. The Morgan fingerprint density at radius 2 is 1.83 bits per heavy atom. The van der Waals surface area contributed by atoms with Crippen LogP contribution in [-0.2, 0) is 14.8 Å². The van der Waals surface area contributed by atoms with Crippen molar-refractivity contribution in [2.45, 2.75) is 30.2 Å². The van der Waals surface area contributed by atoms with Crippen molar-refractivity contribution in [3.63, 3.8) is 0 Å². The summed E-state index contributed by atoms with van der Waals surface area (Å²) in [7, 11) is -4.06. The van der Waals surface area contributed by atoms with Crippen LogP contribution in [-0.4, -0.2) is 62.7 Å². The second-order valence-electron chi connectivity index (χ2n) is 8.80. The summed E-state index contributed by atoms with van der Waals surface area (Å²) in [6, 6.07) is 13.0. The molecule has 36 heavy (non-hydrogen) atoms. The summed E-state index contributed by atoms with van der Waals surface area (Å²) in [6.07, 6.45) is 3.32. The normalized spacial score (nSPS) is 15.4. The van der Waals surface area contributed by atoms with Crippen LogP contribution in [0.2, 0.25) is 0 Å². The van der Waals surface area contributed by atoms with Gasteiger partial charge in [0.15, 0.2) is 0 Å². The molecule has 1 saturated heterocycles. The molecule has 11 heteroatoms. The number of carbonyl (C=O) groups excluding carboxylic acids is 1. The Hall–Kier alpha value is -3.41. The Morgan fingerprint density at radius 1 is 1.08 bits per heavy atom. The highest BCUT2D eigenvalue weighted by Crippen LogP contribution is 2.23. The molecule has 0 aliphatic carbocycles. The largest absolute Gasteiger partial charge is 0.494 e. The average molecular weight is 515 g/mol. The van der Waals surface area contributed by atoms with Gasteiger partial charge in [0.25, 0.3) is 5.91 Å². The standard InChI is InChI=1S/C25H30N4O6S/c30-24(27-16-23(25(31)32)29-36(33,34)20-4-2-1-3-5-20)22-15-18-14-19(6-7-21(18)28-22)35-13-10-17-8-11-26-12-9-17/h1-7,14-15,17,23,26,28-29H,8-13,16H2,(H,27,30)(H,31,32)/t23-/m0/s1. The summed E-state index contributed by atoms with van der Waals surface area (Å²) in [5.74, 6) is -0.574. The molecule has 1 amide bonds. The smallest absolute Gasteiger partial charge is 0.323 e. The molecule has 1 aliphatic heterocycles. The third kappa shape index (κ3) is 6.62. The van der Waals surface area contributed by atoms with Crippen LogP contribution in [0.15, 0.2) is 59.5 Å². The average Bonchev–Trinajstić information content (AvgIpc) is 3.31. The van der Waals surface area contributed by atoms with Crippen molar-refractivity contribution in [1.82, 2.24) is 20.3 Å². The Morgan fingerprint density at radius 3 is 2.56 bits per heavy atom. The zero-order valence-electron chi connectivity index (χ0n) is 19.7. The number of carbonyl (C=O) groups is 2. The van der Waals surface area contributed by atoms with E-state index in [4.69, 9.17) is 4.74 Å². The molecule has 192 valence electrons. The molecule has 0 bridgehead atoms. The number of carboxylic acids is 1. The zero-order chi connectivity index (χ0) is 25.5. The summed E-state index contributed by atoms with van der Waals surface area (Å²) in [6.45, 7) is 2.30. The Labute approximate surface area is 209 Å². The van der Waals surface area contributed by atoms with Crippen LogP contribution in [0, 0.1) is 5.92 Å². The van der Waals surface area contributed by atoms with Crippen LogP contribution in [0.25, 0.3) is 10.9 Å². The van der Waals surface area contributed by atoms with Gasteiger partial charge in [-0.2, -0.15) is 4.72 Å². The lowest BCUT2D eigenvalue weighted by atomic mass is 9.95. The lowest BCUT2D eigenvalue weighted by molar-refractivity contribution is -0.138. The minimum Gasteiger partial charge on any atom is -0.494 e. The van der Waals surface area contributed by atoms with E-state index in [9.17, 15) is 23.1 Å². The number of aliphatic carboxylic acids is 1. The molecule has 2 heterocycles. The first kappa shape index (κ1) is 25.7. The van der Waals surface area contributed by atoms with Crippen molar-refractivity contribution in [3.8, 4) is 5.75 Å². The Kier molecular flexibility index (Phi) is 8.24. The number of rotatable bonds is 11. The number of sulfonamides is 1. The first-order chi connectivity index (χ1) is 17.3. The van der Waals surface area contributed by atoms with Gasteiger partial charge in [-0.15, -0.1) is 0 Å². The fourth-order valence-corrected chi connectivity index (χ4v) is 5.37. The highest BCUT2D eigenvalue weighted by Gasteiger charge is 2.26. The number of H-pyrrole nitrogens is 1. The molecule has 3 aromatic rings. The molecule has 10 nitrogen and oxygen atoms in total. The predicted octanol–water partition coefficient (Wildman–Crippen LogP) is 2.10. The first-order valence-electron chi connectivity index (χ1n) is 11.9. The quantitative estimate of drug-likeness (QED) is 0.263. The number of aromatic amines is 1. The molecule has 0 unspecified atom stereocenters. The van der Waals surface area contributed by atoms with Crippen LogP contribution in [0.1, 0.15) is 29.8 Å². The highest BCUT2D eigenvalue weighted by molar-refractivity contribution is 7.89. The van der Waals surface area contributed by atoms with Gasteiger partial charge in [-0.05, 0) is 74.7 Å². The number of fused-ring (bicyclic) bond motifs is 1. The molecule has 0 radical (unpaired) electrons. The molecule has 1 aliphatic rings. The Balaban J connectivity index is 1.34. The minimum atomic E-state index is -4.06. The summed E-state index contributed by atoms with van der Waals surface area (Å²) < 4.78 is 33.0. The van der Waals surface area contributed by atoms with E-state index in [1.807, 2.05) is 18.2 Å². The van der Waals surface area contributed by atoms with Crippen LogP contribution < -0.4 is 20.1 Å². The van der Waals surface area contributed by atoms with Gasteiger partial charge in [-0.25, -0.2) is 8.42 Å². The fourth-order valence-electron chi connectivity index (χ4n) is 4.16. The second kappa shape index (κ2) is 11.5. The van der Waals surface area contributed by atoms with Gasteiger partial charge in [0.1, 0.15) is 17.5 Å². The van der Waals surface area contributed by atoms with Crippen molar-refractivity contribution >= 4 is 32.8 Å². The molecule has 1 aromatic heterocycles. The number of hydrogen-bond acceptors (Lipinski definition) is 6. The van der Waals surface area contributed by atoms with Gasteiger partial charge in [-0.3, -0.25) is 9.59 Å². The number of carboxylic acid groups (broad SMARTS) is 1. The molecule has 1 atom stereocenters. The van der Waals surface area contributed by atoms with E-state index in [0.29, 0.717) is 18.3 Å². The van der Waals surface area contributed by atoms with Gasteiger partial charge in [0, 0.05) is 17.4 Å². The number of aromatic nitrogens is 1. The summed E-state index contributed by atoms with van der Waals surface area (Å²) in [4.78, 5) is 27.2. The molecule has 4 rings (SSSR count). The van der Waals surface area contributed by atoms with Crippen LogP contribution in [0.4, 0.5) is 0 Å². The molecule has 0 spiro atoms. The number of piperidine rings is 1. The zero-order valence-corrected chi connectivity index (χ0v) is 20.5. The van der Waals surface area contributed by atoms with E-state index in [0.717, 1.165) is 43.3 Å². The maximum Gasteiger partial charge on any atom is 0.323 e. The van der Waals surface area contributed by atoms with Gasteiger partial charge >= 0.3 is 5.97 Å². The monoisotopic (exact) mass is 514 g/mol.